The number of hydrogen-bond acceptors (Lipinski definition) is 18. The van der Waals surface area contributed by atoms with Crippen LogP contribution in [-0.4, -0.2) is 159 Å². The number of aliphatic hydroxyl groups excluding tert-OH is 7. The van der Waals surface area contributed by atoms with E-state index in [2.05, 4.69) is 37.9 Å². The highest BCUT2D eigenvalue weighted by molar-refractivity contribution is 5.72. The van der Waals surface area contributed by atoms with Crippen LogP contribution in [0, 0.1) is 0 Å². The van der Waals surface area contributed by atoms with Crippen LogP contribution in [0.25, 0.3) is 0 Å². The van der Waals surface area contributed by atoms with Crippen molar-refractivity contribution in [2.45, 2.75) is 170 Å². The molecule has 17 unspecified atom stereocenters. The molecule has 1 saturated carbocycles. The van der Waals surface area contributed by atoms with E-state index >= 15 is 0 Å². The number of rotatable bonds is 16. The van der Waals surface area contributed by atoms with E-state index < -0.39 is 104 Å². The SMILES string of the molecule is CC(C)=CCC/C(C)=C/CC/C(C)=C/C=NCC1OC(OC2C(N)CC(N)C(O)C2OC2O/C(=C/O)C(OC3OC(CN)C(O)C(O)C3N)C2O)CC(O)C1O. The van der Waals surface area contributed by atoms with Crippen molar-refractivity contribution < 1.29 is 64.2 Å². The van der Waals surface area contributed by atoms with Crippen LogP contribution in [0.3, 0.4) is 0 Å². The number of hydrogen-bond donors (Lipinski definition) is 11. The van der Waals surface area contributed by atoms with Crippen molar-refractivity contribution in [3.8, 4) is 0 Å². The predicted octanol–water partition coefficient (Wildman–Crippen LogP) is -1.26. The molecule has 0 radical (unpaired) electrons. The van der Waals surface area contributed by atoms with E-state index in [9.17, 15) is 35.7 Å². The lowest BCUT2D eigenvalue weighted by Crippen LogP contribution is -2.65. The molecule has 0 bridgehead atoms. The number of nitrogens with zero attached hydrogens (tertiary/aromatic N) is 1. The van der Waals surface area contributed by atoms with Gasteiger partial charge in [0.2, 0.25) is 6.29 Å². The summed E-state index contributed by atoms with van der Waals surface area (Å²) in [6.07, 6.45) is -5.94. The fourth-order valence-electron chi connectivity index (χ4n) is 7.11. The van der Waals surface area contributed by atoms with Crippen LogP contribution in [-0.2, 0) is 28.4 Å². The van der Waals surface area contributed by atoms with E-state index in [1.54, 1.807) is 6.21 Å². The van der Waals surface area contributed by atoms with E-state index in [0.29, 0.717) is 6.26 Å². The van der Waals surface area contributed by atoms with Crippen LogP contribution in [0.2, 0.25) is 0 Å². The lowest BCUT2D eigenvalue weighted by atomic mass is 9.84. The van der Waals surface area contributed by atoms with E-state index in [0.717, 1.165) is 31.3 Å². The number of ether oxygens (including phenoxy) is 6. The molecular formula is C38H65N5O13. The van der Waals surface area contributed by atoms with Gasteiger partial charge in [0.1, 0.15) is 55.1 Å². The van der Waals surface area contributed by atoms with Gasteiger partial charge in [-0.3, -0.25) is 4.99 Å². The smallest absolute Gasteiger partial charge is 0.229 e. The largest absolute Gasteiger partial charge is 0.512 e. The minimum absolute atomic E-state index is 0.0194. The second-order valence-corrected chi connectivity index (χ2v) is 15.5. The molecule has 18 nitrogen and oxygen atoms in total. The van der Waals surface area contributed by atoms with Gasteiger partial charge in [-0.15, -0.1) is 0 Å². The van der Waals surface area contributed by atoms with E-state index in [1.165, 1.54) is 11.1 Å². The average Bonchev–Trinajstić information content (AvgIpc) is 3.45. The first kappa shape index (κ1) is 46.3. The lowest BCUT2D eigenvalue weighted by Gasteiger charge is -2.45. The van der Waals surface area contributed by atoms with Gasteiger partial charge in [0.15, 0.2) is 24.4 Å². The first-order chi connectivity index (χ1) is 26.6. The summed E-state index contributed by atoms with van der Waals surface area (Å²) < 4.78 is 35.4. The maximum Gasteiger partial charge on any atom is 0.229 e. The Morgan fingerprint density at radius 3 is 2.12 bits per heavy atom. The Bertz CT molecular complexity index is 1390. The zero-order valence-electron chi connectivity index (χ0n) is 32.7. The van der Waals surface area contributed by atoms with Gasteiger partial charge in [0, 0.05) is 31.3 Å². The van der Waals surface area contributed by atoms with Crippen molar-refractivity contribution in [3.05, 3.63) is 47.0 Å². The molecular weight excluding hydrogens is 734 g/mol. The third-order valence-electron chi connectivity index (χ3n) is 10.6. The predicted molar refractivity (Wildman–Crippen MR) is 205 cm³/mol. The first-order valence-electron chi connectivity index (χ1n) is 19.3. The van der Waals surface area contributed by atoms with Gasteiger partial charge in [0.05, 0.1) is 24.8 Å². The molecule has 0 aromatic heterocycles. The highest BCUT2D eigenvalue weighted by Crippen LogP contribution is 2.35. The van der Waals surface area contributed by atoms with Gasteiger partial charge in [-0.2, -0.15) is 0 Å². The van der Waals surface area contributed by atoms with Gasteiger partial charge < -0.3 is 87.1 Å². The Labute approximate surface area is 328 Å². The zero-order valence-corrected chi connectivity index (χ0v) is 32.7. The molecule has 0 amide bonds. The van der Waals surface area contributed by atoms with Crippen LogP contribution in [0.4, 0.5) is 0 Å². The molecule has 18 heteroatoms. The molecule has 0 spiro atoms. The Morgan fingerprint density at radius 2 is 1.45 bits per heavy atom. The first-order valence-corrected chi connectivity index (χ1v) is 19.3. The van der Waals surface area contributed by atoms with Crippen molar-refractivity contribution in [1.82, 2.24) is 0 Å². The minimum atomic E-state index is -1.66. The second-order valence-electron chi connectivity index (χ2n) is 15.5. The topological polar surface area (TPSA) is 313 Å². The summed E-state index contributed by atoms with van der Waals surface area (Å²) in [6.45, 7) is 8.20. The molecule has 0 aromatic carbocycles. The highest BCUT2D eigenvalue weighted by Gasteiger charge is 2.53. The number of nitrogens with two attached hydrogens (primary N) is 4. The van der Waals surface area contributed by atoms with Crippen molar-refractivity contribution in [2.24, 2.45) is 27.9 Å². The molecule has 15 N–H and O–H groups in total. The van der Waals surface area contributed by atoms with Crippen molar-refractivity contribution >= 4 is 6.21 Å². The fraction of sp³-hybridized carbons (Fsp3) is 0.763. The third-order valence-corrected chi connectivity index (χ3v) is 10.6. The van der Waals surface area contributed by atoms with Crippen LogP contribution in [0.5, 0.6) is 0 Å². The van der Waals surface area contributed by atoms with Gasteiger partial charge in [-0.1, -0.05) is 28.9 Å². The van der Waals surface area contributed by atoms with Crippen molar-refractivity contribution in [1.29, 1.82) is 0 Å². The summed E-state index contributed by atoms with van der Waals surface area (Å²) in [7, 11) is 0. The summed E-state index contributed by atoms with van der Waals surface area (Å²) in [5.74, 6) is -0.293. The Balaban J connectivity index is 1.37. The summed E-state index contributed by atoms with van der Waals surface area (Å²) in [6, 6.07) is -2.95. The van der Waals surface area contributed by atoms with Crippen LogP contribution >= 0.6 is 0 Å². The van der Waals surface area contributed by atoms with E-state index in [-0.39, 0.29) is 31.7 Å². The van der Waals surface area contributed by atoms with Gasteiger partial charge in [0.25, 0.3) is 0 Å². The molecule has 56 heavy (non-hydrogen) atoms. The maximum atomic E-state index is 11.3. The Morgan fingerprint density at radius 1 is 0.750 bits per heavy atom. The third kappa shape index (κ3) is 12.1. The van der Waals surface area contributed by atoms with Crippen molar-refractivity contribution in [2.75, 3.05) is 13.1 Å². The second kappa shape index (κ2) is 21.6. The normalized spacial score (nSPS) is 42.0. The average molecular weight is 800 g/mol. The molecule has 0 aromatic rings. The van der Waals surface area contributed by atoms with Gasteiger partial charge in [-0.05, 0) is 65.9 Å². The maximum absolute atomic E-state index is 11.3. The molecule has 1 aliphatic carbocycles. The fourth-order valence-corrected chi connectivity index (χ4v) is 7.11. The van der Waals surface area contributed by atoms with Gasteiger partial charge in [-0.25, -0.2) is 0 Å². The molecule has 3 saturated heterocycles. The van der Waals surface area contributed by atoms with Gasteiger partial charge >= 0.3 is 0 Å². The van der Waals surface area contributed by atoms with E-state index in [1.807, 2.05) is 13.0 Å². The van der Waals surface area contributed by atoms with Crippen molar-refractivity contribution in [3.63, 3.8) is 0 Å². The monoisotopic (exact) mass is 799 g/mol. The van der Waals surface area contributed by atoms with E-state index in [4.69, 9.17) is 51.4 Å². The quantitative estimate of drug-likeness (QED) is 0.0493. The highest BCUT2D eigenvalue weighted by atomic mass is 16.8. The van der Waals surface area contributed by atoms with Crippen LogP contribution in [0.1, 0.15) is 66.2 Å². The molecule has 4 rings (SSSR count). The standard InChI is InChI=1S/C38H65N5O13/c1-18(2)7-5-8-19(3)9-6-10-20(4)11-12-43-16-25-30(47)23(45)14-27(51-25)54-34-22(41)13-21(40)29(46)36(34)56-38-33(50)35(26(17-44)53-38)55-37-28(42)32(49)31(48)24(15-39)52-37/h7,9,11-12,17,21-25,27-38,44-50H,5-6,8,10,13-16,39-42H2,1-4H3/b19-9+,20-11+,26-17+,43-12?. The molecule has 17 atom stereocenters. The summed E-state index contributed by atoms with van der Waals surface area (Å²) >= 11 is 0. The lowest BCUT2D eigenvalue weighted by molar-refractivity contribution is -0.300. The molecule has 4 aliphatic rings. The Hall–Kier alpha value is -2.37. The Kier molecular flexibility index (Phi) is 17.8. The molecule has 3 heterocycles. The number of allylic oxidation sites excluding steroid dienone is 6. The summed E-state index contributed by atoms with van der Waals surface area (Å²) in [4.78, 5) is 4.40. The zero-order chi connectivity index (χ0) is 41.3. The summed E-state index contributed by atoms with van der Waals surface area (Å²) in [5, 5.41) is 74.4. The molecule has 4 fully saturated rings. The minimum Gasteiger partial charge on any atom is -0.512 e. The van der Waals surface area contributed by atoms with Crippen LogP contribution in [0.15, 0.2) is 52.0 Å². The molecule has 3 aliphatic heterocycles. The number of aliphatic hydroxyl groups is 7. The molecule has 320 valence electrons. The van der Waals surface area contributed by atoms with Crippen LogP contribution < -0.4 is 22.9 Å². The number of aliphatic imine (C=N–C) groups is 1. The summed E-state index contributed by atoms with van der Waals surface area (Å²) in [5.41, 5.74) is 28.1.